The number of benzene rings is 1. The fourth-order valence-corrected chi connectivity index (χ4v) is 2.33. The van der Waals surface area contributed by atoms with Gasteiger partial charge in [-0.15, -0.1) is 0 Å². The van der Waals surface area contributed by atoms with Gasteiger partial charge in [-0.05, 0) is 43.9 Å². The van der Waals surface area contributed by atoms with Crippen LogP contribution in [0.4, 0.5) is 5.82 Å². The highest BCUT2D eigenvalue weighted by molar-refractivity contribution is 5.74. The largest absolute Gasteiger partial charge is 0.488 e. The zero-order valence-corrected chi connectivity index (χ0v) is 10.7. The summed E-state index contributed by atoms with van der Waals surface area (Å²) in [6, 6.07) is 6.24. The topological polar surface area (TPSA) is 63.9 Å². The summed E-state index contributed by atoms with van der Waals surface area (Å²) >= 11 is 0. The predicted molar refractivity (Wildman–Crippen MR) is 71.5 cm³/mol. The van der Waals surface area contributed by atoms with Crippen molar-refractivity contribution in [2.75, 3.05) is 5.73 Å². The summed E-state index contributed by atoms with van der Waals surface area (Å²) in [5, 5.41) is 6.70. The van der Waals surface area contributed by atoms with Gasteiger partial charge in [-0.2, -0.15) is 5.10 Å². The van der Waals surface area contributed by atoms with Crippen molar-refractivity contribution in [3.63, 3.8) is 0 Å². The van der Waals surface area contributed by atoms with E-state index in [4.69, 9.17) is 10.5 Å². The second-order valence-electron chi connectivity index (χ2n) is 5.38. The molecule has 0 radical (unpaired) electrons. The summed E-state index contributed by atoms with van der Waals surface area (Å²) in [5.74, 6) is 1.55. The van der Waals surface area contributed by atoms with Crippen LogP contribution >= 0.6 is 0 Å². The Balaban J connectivity index is 2.03. The number of hydrogen-bond acceptors (Lipinski definition) is 3. The van der Waals surface area contributed by atoms with Gasteiger partial charge in [-0.3, -0.25) is 5.10 Å². The van der Waals surface area contributed by atoms with E-state index < -0.39 is 0 Å². The first-order valence-electron chi connectivity index (χ1n) is 6.16. The number of nitrogens with zero attached hydrogens (tertiary/aromatic N) is 1. The molecule has 0 amide bonds. The van der Waals surface area contributed by atoms with Crippen LogP contribution in [0.15, 0.2) is 24.4 Å². The van der Waals surface area contributed by atoms with Gasteiger partial charge in [-0.25, -0.2) is 0 Å². The third-order valence-corrected chi connectivity index (χ3v) is 3.43. The van der Waals surface area contributed by atoms with Crippen molar-refractivity contribution in [2.45, 2.75) is 32.3 Å². The smallest absolute Gasteiger partial charge is 0.126 e. The van der Waals surface area contributed by atoms with Crippen molar-refractivity contribution in [3.05, 3.63) is 30.0 Å². The first kappa shape index (κ1) is 11.1. The number of nitrogen functional groups attached to an aromatic ring is 1. The highest BCUT2D eigenvalue weighted by Gasteiger charge is 2.26. The number of anilines is 1. The molecule has 0 saturated carbocycles. The first-order valence-corrected chi connectivity index (χ1v) is 6.16. The lowest BCUT2D eigenvalue weighted by atomic mass is 9.93. The molecular weight excluding hydrogens is 226 g/mol. The van der Waals surface area contributed by atoms with Crippen LogP contribution in [-0.2, 0) is 6.42 Å². The maximum absolute atomic E-state index is 6.03. The van der Waals surface area contributed by atoms with E-state index >= 15 is 0 Å². The molecular formula is C14H17N3O. The van der Waals surface area contributed by atoms with E-state index in [0.29, 0.717) is 5.82 Å². The number of nitrogens with two attached hydrogens (primary N) is 1. The Kier molecular flexibility index (Phi) is 2.33. The number of hydrogen-bond donors (Lipinski definition) is 2. The second kappa shape index (κ2) is 3.77. The fraction of sp³-hybridized carbons (Fsp3) is 0.357. The van der Waals surface area contributed by atoms with E-state index in [0.717, 1.165) is 29.7 Å². The third kappa shape index (κ3) is 1.83. The molecule has 0 fully saturated rings. The van der Waals surface area contributed by atoms with Gasteiger partial charge in [0.2, 0.25) is 0 Å². The Bertz CT molecular complexity index is 586. The van der Waals surface area contributed by atoms with E-state index in [1.807, 2.05) is 0 Å². The van der Waals surface area contributed by atoms with Crippen LogP contribution in [0.3, 0.4) is 0 Å². The highest BCUT2D eigenvalue weighted by Crippen LogP contribution is 2.36. The lowest BCUT2D eigenvalue weighted by Gasteiger charge is -2.32. The van der Waals surface area contributed by atoms with Gasteiger partial charge in [0.05, 0.1) is 6.20 Å². The molecule has 0 spiro atoms. The molecule has 0 saturated heterocycles. The summed E-state index contributed by atoms with van der Waals surface area (Å²) in [7, 11) is 0. The van der Waals surface area contributed by atoms with Gasteiger partial charge < -0.3 is 10.5 Å². The number of aromatic amines is 1. The number of fused-ring (bicyclic) bond motifs is 1. The van der Waals surface area contributed by atoms with E-state index in [9.17, 15) is 0 Å². The molecule has 1 aliphatic heterocycles. The normalized spacial score (nSPS) is 17.0. The van der Waals surface area contributed by atoms with Crippen molar-refractivity contribution in [1.82, 2.24) is 10.2 Å². The van der Waals surface area contributed by atoms with Crippen LogP contribution in [0, 0.1) is 0 Å². The summed E-state index contributed by atoms with van der Waals surface area (Å²) < 4.78 is 6.03. The van der Waals surface area contributed by atoms with Gasteiger partial charge in [0.1, 0.15) is 17.2 Å². The number of ether oxygens (including phenoxy) is 1. The summed E-state index contributed by atoms with van der Waals surface area (Å²) in [6.07, 6.45) is 3.85. The zero-order valence-electron chi connectivity index (χ0n) is 10.7. The first-order chi connectivity index (χ1) is 8.55. The SMILES string of the molecule is CC1(C)CCc2ccc(-c3cn[nH]c3N)cc2O1. The van der Waals surface area contributed by atoms with Gasteiger partial charge in [0.25, 0.3) is 0 Å². The fourth-order valence-electron chi connectivity index (χ4n) is 2.33. The van der Waals surface area contributed by atoms with Crippen molar-refractivity contribution in [1.29, 1.82) is 0 Å². The minimum absolute atomic E-state index is 0.0897. The molecule has 18 heavy (non-hydrogen) atoms. The monoisotopic (exact) mass is 243 g/mol. The summed E-state index contributed by atoms with van der Waals surface area (Å²) in [5.41, 5.74) is 8.98. The highest BCUT2D eigenvalue weighted by atomic mass is 16.5. The van der Waals surface area contributed by atoms with Crippen molar-refractivity contribution < 1.29 is 4.74 Å². The molecule has 3 rings (SSSR count). The lowest BCUT2D eigenvalue weighted by Crippen LogP contribution is -2.32. The van der Waals surface area contributed by atoms with Crippen molar-refractivity contribution in [3.8, 4) is 16.9 Å². The minimum Gasteiger partial charge on any atom is -0.488 e. The predicted octanol–water partition coefficient (Wildman–Crippen LogP) is 2.76. The Morgan fingerprint density at radius 2 is 2.22 bits per heavy atom. The molecule has 0 bridgehead atoms. The molecule has 4 nitrogen and oxygen atoms in total. The van der Waals surface area contributed by atoms with Crippen LogP contribution < -0.4 is 10.5 Å². The molecule has 3 N–H and O–H groups in total. The Labute approximate surface area is 106 Å². The maximum atomic E-state index is 6.03. The number of rotatable bonds is 1. The van der Waals surface area contributed by atoms with E-state index in [2.05, 4.69) is 42.2 Å². The molecule has 2 aromatic rings. The second-order valence-corrected chi connectivity index (χ2v) is 5.38. The molecule has 0 aliphatic carbocycles. The average Bonchev–Trinajstić information content (AvgIpc) is 2.73. The van der Waals surface area contributed by atoms with Gasteiger partial charge in [-0.1, -0.05) is 12.1 Å². The van der Waals surface area contributed by atoms with Crippen LogP contribution in [-0.4, -0.2) is 15.8 Å². The number of nitrogens with one attached hydrogen (secondary N) is 1. The van der Waals surface area contributed by atoms with E-state index in [-0.39, 0.29) is 5.60 Å². The van der Waals surface area contributed by atoms with Gasteiger partial charge in [0.15, 0.2) is 0 Å². The Morgan fingerprint density at radius 1 is 1.39 bits per heavy atom. The molecule has 0 atom stereocenters. The summed E-state index contributed by atoms with van der Waals surface area (Å²) in [4.78, 5) is 0. The number of aromatic nitrogens is 2. The number of H-pyrrole nitrogens is 1. The van der Waals surface area contributed by atoms with Crippen LogP contribution in [0.25, 0.3) is 11.1 Å². The third-order valence-electron chi connectivity index (χ3n) is 3.43. The lowest BCUT2D eigenvalue weighted by molar-refractivity contribution is 0.0848. The van der Waals surface area contributed by atoms with Crippen molar-refractivity contribution >= 4 is 5.82 Å². The minimum atomic E-state index is -0.0897. The molecule has 4 heteroatoms. The zero-order chi connectivity index (χ0) is 12.8. The molecule has 1 aromatic heterocycles. The maximum Gasteiger partial charge on any atom is 0.126 e. The van der Waals surface area contributed by atoms with Crippen LogP contribution in [0.2, 0.25) is 0 Å². The molecule has 1 aliphatic rings. The van der Waals surface area contributed by atoms with Crippen LogP contribution in [0.1, 0.15) is 25.8 Å². The van der Waals surface area contributed by atoms with E-state index in [1.54, 1.807) is 6.20 Å². The quantitative estimate of drug-likeness (QED) is 0.809. The van der Waals surface area contributed by atoms with E-state index in [1.165, 1.54) is 5.56 Å². The Morgan fingerprint density at radius 3 is 2.94 bits per heavy atom. The van der Waals surface area contributed by atoms with Crippen LogP contribution in [0.5, 0.6) is 5.75 Å². The van der Waals surface area contributed by atoms with Crippen molar-refractivity contribution in [2.24, 2.45) is 0 Å². The average molecular weight is 243 g/mol. The van der Waals surface area contributed by atoms with Gasteiger partial charge in [0, 0.05) is 5.56 Å². The molecule has 1 aromatic carbocycles. The molecule has 0 unspecified atom stereocenters. The molecule has 94 valence electrons. The standard InChI is InChI=1S/C14H17N3O/c1-14(2)6-5-9-3-4-10(7-12(9)18-14)11-8-16-17-13(11)15/h3-4,7-8H,5-6H2,1-2H3,(H3,15,16,17). The Hall–Kier alpha value is -1.97. The van der Waals surface area contributed by atoms with Gasteiger partial charge >= 0.3 is 0 Å². The molecule has 2 heterocycles. The number of aryl methyl sites for hydroxylation is 1. The summed E-state index contributed by atoms with van der Waals surface area (Å²) in [6.45, 7) is 4.24.